The van der Waals surface area contributed by atoms with Crippen LogP contribution in [0.1, 0.15) is 47.2 Å². The molecule has 40 heavy (non-hydrogen) atoms. The average molecular weight is 536 g/mol. The molecule has 0 saturated carbocycles. The summed E-state index contributed by atoms with van der Waals surface area (Å²) in [5, 5.41) is 12.2. The van der Waals surface area contributed by atoms with Gasteiger partial charge in [-0.2, -0.15) is 5.26 Å². The molecule has 0 atom stereocenters. The van der Waals surface area contributed by atoms with E-state index >= 15 is 0 Å². The predicted octanol–water partition coefficient (Wildman–Crippen LogP) is 5.84. The summed E-state index contributed by atoms with van der Waals surface area (Å²) < 4.78 is 2.04. The average Bonchev–Trinajstić information content (AvgIpc) is 3.41. The zero-order valence-electron chi connectivity index (χ0n) is 23.6. The number of piperidine rings is 1. The van der Waals surface area contributed by atoms with Crippen LogP contribution in [0.4, 0.5) is 11.5 Å². The number of hydrogen-bond acceptors (Lipinski definition) is 6. The van der Waals surface area contributed by atoms with Gasteiger partial charge < -0.3 is 15.1 Å². The molecule has 0 aliphatic carbocycles. The lowest BCUT2D eigenvalue weighted by Crippen LogP contribution is -2.36. The molecule has 0 spiro atoms. The van der Waals surface area contributed by atoms with Gasteiger partial charge in [0.25, 0.3) is 5.91 Å². The molecule has 3 heterocycles. The number of rotatable bonds is 9. The van der Waals surface area contributed by atoms with Crippen molar-refractivity contribution in [3.05, 3.63) is 77.7 Å². The fraction of sp³-hybridized carbons (Fsp3) is 0.375. The second kappa shape index (κ2) is 12.3. The number of anilines is 2. The number of aryl methyl sites for hydroxylation is 2. The fourth-order valence-corrected chi connectivity index (χ4v) is 5.45. The summed E-state index contributed by atoms with van der Waals surface area (Å²) in [7, 11) is 1.89. The number of nitrogens with zero attached hydrogens (tertiary/aromatic N) is 6. The summed E-state index contributed by atoms with van der Waals surface area (Å²) in [6.07, 6.45) is 9.44. The lowest BCUT2D eigenvalue weighted by molar-refractivity contribution is 0.0777. The number of carbonyl (C=O) groups is 1. The van der Waals surface area contributed by atoms with E-state index in [1.165, 1.54) is 5.56 Å². The van der Waals surface area contributed by atoms with Crippen LogP contribution in [0.3, 0.4) is 0 Å². The van der Waals surface area contributed by atoms with Crippen molar-refractivity contribution in [1.82, 2.24) is 24.2 Å². The molecular weight excluding hydrogens is 498 g/mol. The molecule has 0 bridgehead atoms. The van der Waals surface area contributed by atoms with Crippen molar-refractivity contribution in [1.29, 1.82) is 5.26 Å². The number of benzene rings is 2. The van der Waals surface area contributed by atoms with Crippen molar-refractivity contribution >= 4 is 23.1 Å². The number of amides is 1. The van der Waals surface area contributed by atoms with Crippen molar-refractivity contribution in [2.75, 3.05) is 38.5 Å². The van der Waals surface area contributed by atoms with E-state index in [1.54, 1.807) is 6.20 Å². The summed E-state index contributed by atoms with van der Waals surface area (Å²) in [5.74, 6) is 1.34. The third kappa shape index (κ3) is 6.16. The van der Waals surface area contributed by atoms with Crippen LogP contribution in [-0.4, -0.2) is 63.3 Å². The van der Waals surface area contributed by atoms with E-state index in [2.05, 4.69) is 57.4 Å². The zero-order valence-corrected chi connectivity index (χ0v) is 23.6. The van der Waals surface area contributed by atoms with Crippen LogP contribution in [0, 0.1) is 31.1 Å². The molecule has 0 radical (unpaired) electrons. The topological polar surface area (TPSA) is 89.6 Å². The first-order valence-corrected chi connectivity index (χ1v) is 14.0. The maximum Gasteiger partial charge on any atom is 0.253 e. The minimum atomic E-state index is 0.0479. The van der Waals surface area contributed by atoms with Gasteiger partial charge >= 0.3 is 0 Å². The second-order valence-corrected chi connectivity index (χ2v) is 10.8. The summed E-state index contributed by atoms with van der Waals surface area (Å²) in [5.41, 5.74) is 6.56. The zero-order chi connectivity index (χ0) is 28.1. The molecule has 2 aromatic carbocycles. The highest BCUT2D eigenvalue weighted by Gasteiger charge is 2.21. The molecule has 206 valence electrons. The van der Waals surface area contributed by atoms with Crippen LogP contribution >= 0.6 is 0 Å². The SMILES string of the molecule is Cc1ccc(-c2cnc3c(Nc4ccc(C(=O)N(C)CCC5CCN(CCC#N)CC5)c(C)c4)nccn23)cc1. The van der Waals surface area contributed by atoms with Crippen molar-refractivity contribution in [2.24, 2.45) is 5.92 Å². The van der Waals surface area contributed by atoms with Crippen LogP contribution in [-0.2, 0) is 0 Å². The molecule has 2 aromatic heterocycles. The summed E-state index contributed by atoms with van der Waals surface area (Å²) >= 11 is 0. The quantitative estimate of drug-likeness (QED) is 0.289. The molecule has 1 aliphatic rings. The Balaban J connectivity index is 1.21. The van der Waals surface area contributed by atoms with Crippen LogP contribution in [0.25, 0.3) is 16.9 Å². The molecule has 1 N–H and O–H groups in total. The first kappa shape index (κ1) is 27.4. The Hall–Kier alpha value is -4.22. The van der Waals surface area contributed by atoms with E-state index in [0.717, 1.165) is 73.6 Å². The third-order valence-electron chi connectivity index (χ3n) is 7.96. The molecule has 1 aliphatic heterocycles. The highest BCUT2D eigenvalue weighted by molar-refractivity contribution is 5.96. The number of carbonyl (C=O) groups excluding carboxylic acids is 1. The number of hydrogen-bond donors (Lipinski definition) is 1. The van der Waals surface area contributed by atoms with Gasteiger partial charge in [-0.15, -0.1) is 0 Å². The molecule has 0 unspecified atom stereocenters. The Kier molecular flexibility index (Phi) is 8.42. The smallest absolute Gasteiger partial charge is 0.253 e. The van der Waals surface area contributed by atoms with Crippen LogP contribution in [0.2, 0.25) is 0 Å². The molecule has 1 saturated heterocycles. The van der Waals surface area contributed by atoms with E-state index in [1.807, 2.05) is 53.9 Å². The summed E-state index contributed by atoms with van der Waals surface area (Å²) in [6, 6.07) is 16.5. The van der Waals surface area contributed by atoms with Gasteiger partial charge in [0.15, 0.2) is 11.5 Å². The van der Waals surface area contributed by atoms with E-state index in [-0.39, 0.29) is 5.91 Å². The summed E-state index contributed by atoms with van der Waals surface area (Å²) in [6.45, 7) is 7.76. The van der Waals surface area contributed by atoms with Crippen molar-refractivity contribution in [3.63, 3.8) is 0 Å². The van der Waals surface area contributed by atoms with Gasteiger partial charge in [-0.05, 0) is 75.9 Å². The van der Waals surface area contributed by atoms with E-state index in [0.29, 0.717) is 23.7 Å². The number of likely N-dealkylation sites (tertiary alicyclic amines) is 1. The minimum Gasteiger partial charge on any atom is -0.342 e. The predicted molar refractivity (Wildman–Crippen MR) is 159 cm³/mol. The van der Waals surface area contributed by atoms with Crippen molar-refractivity contribution < 1.29 is 4.79 Å². The van der Waals surface area contributed by atoms with E-state index in [9.17, 15) is 4.79 Å². The molecule has 4 aromatic rings. The Morgan fingerprint density at radius 1 is 1.12 bits per heavy atom. The largest absolute Gasteiger partial charge is 0.342 e. The monoisotopic (exact) mass is 535 g/mol. The highest BCUT2D eigenvalue weighted by Crippen LogP contribution is 2.27. The standard InChI is InChI=1S/C32H37N7O/c1-23-5-7-26(8-6-23)29-22-35-31-30(34-15-20-39(29)31)36-27-9-10-28(24(2)21-27)32(40)37(3)17-11-25-12-18-38(19-13-25)16-4-14-33/h5-10,15,20-22,25H,4,11-13,16-19H2,1-3H3,(H,34,36). The molecule has 1 amide bonds. The van der Waals surface area contributed by atoms with Crippen molar-refractivity contribution in [3.8, 4) is 17.3 Å². The van der Waals surface area contributed by atoms with Gasteiger partial charge in [-0.25, -0.2) is 9.97 Å². The van der Waals surface area contributed by atoms with Crippen LogP contribution < -0.4 is 5.32 Å². The number of nitriles is 1. The van der Waals surface area contributed by atoms with E-state index < -0.39 is 0 Å². The van der Waals surface area contributed by atoms with Crippen molar-refractivity contribution in [2.45, 2.75) is 39.5 Å². The fourth-order valence-electron chi connectivity index (χ4n) is 5.45. The van der Waals surface area contributed by atoms with Gasteiger partial charge in [0.2, 0.25) is 0 Å². The highest BCUT2D eigenvalue weighted by atomic mass is 16.2. The van der Waals surface area contributed by atoms with E-state index in [4.69, 9.17) is 5.26 Å². The number of imidazole rings is 1. The lowest BCUT2D eigenvalue weighted by Gasteiger charge is -2.32. The maximum absolute atomic E-state index is 13.3. The number of nitrogens with one attached hydrogen (secondary N) is 1. The summed E-state index contributed by atoms with van der Waals surface area (Å²) in [4.78, 5) is 26.7. The molecule has 1 fully saturated rings. The molecule has 8 nitrogen and oxygen atoms in total. The van der Waals surface area contributed by atoms with Gasteiger partial charge in [0, 0.05) is 55.8 Å². The lowest BCUT2D eigenvalue weighted by atomic mass is 9.93. The Morgan fingerprint density at radius 2 is 1.90 bits per heavy atom. The Bertz CT molecular complexity index is 1510. The molecule has 8 heteroatoms. The molecule has 5 rings (SSSR count). The van der Waals surface area contributed by atoms with Crippen LogP contribution in [0.5, 0.6) is 0 Å². The minimum absolute atomic E-state index is 0.0479. The molecular formula is C32H37N7O. The first-order valence-electron chi connectivity index (χ1n) is 14.0. The Labute approximate surface area is 236 Å². The normalized spacial score (nSPS) is 14.2. The van der Waals surface area contributed by atoms with Crippen LogP contribution in [0.15, 0.2) is 61.1 Å². The Morgan fingerprint density at radius 3 is 2.62 bits per heavy atom. The maximum atomic E-state index is 13.3. The van der Waals surface area contributed by atoms with Gasteiger partial charge in [0.05, 0.1) is 18.0 Å². The van der Waals surface area contributed by atoms with Gasteiger partial charge in [-0.3, -0.25) is 9.20 Å². The number of aromatic nitrogens is 3. The number of fused-ring (bicyclic) bond motifs is 1. The van der Waals surface area contributed by atoms with Gasteiger partial charge in [-0.1, -0.05) is 29.8 Å². The first-order chi connectivity index (χ1) is 19.4. The van der Waals surface area contributed by atoms with Gasteiger partial charge in [0.1, 0.15) is 0 Å². The third-order valence-corrected chi connectivity index (χ3v) is 7.96. The second-order valence-electron chi connectivity index (χ2n) is 10.8.